The summed E-state index contributed by atoms with van der Waals surface area (Å²) in [7, 11) is 0. The van der Waals surface area contributed by atoms with Crippen LogP contribution in [0, 0.1) is 0 Å². The lowest BCUT2D eigenvalue weighted by molar-refractivity contribution is 0.0105. The molecular formula is C81H58Cl5N17O2S6. The molecule has 2 aliphatic heterocycles. The molecule has 10 N–H and O–H groups in total. The van der Waals surface area contributed by atoms with Crippen molar-refractivity contribution in [2.24, 2.45) is 10.2 Å². The molecule has 0 unspecified atom stereocenters. The number of aromatic nitrogens is 12. The highest BCUT2D eigenvalue weighted by Crippen LogP contribution is 2.50. The van der Waals surface area contributed by atoms with Crippen molar-refractivity contribution in [3.8, 4) is 113 Å². The van der Waals surface area contributed by atoms with Gasteiger partial charge in [-0.3, -0.25) is 45.5 Å². The van der Waals surface area contributed by atoms with E-state index in [1.165, 1.54) is 103 Å². The molecule has 13 aromatic heterocycles. The lowest BCUT2D eigenvalue weighted by Gasteiger charge is -2.11. The molecule has 19 nitrogen and oxygen atoms in total. The highest BCUT2D eigenvalue weighted by Gasteiger charge is 2.36. The van der Waals surface area contributed by atoms with Gasteiger partial charge in [0.05, 0.1) is 78.8 Å². The van der Waals surface area contributed by atoms with E-state index in [1.807, 2.05) is 137 Å². The first-order valence-corrected chi connectivity index (χ1v) is 40.1. The summed E-state index contributed by atoms with van der Waals surface area (Å²) in [6.45, 7) is 0. The summed E-state index contributed by atoms with van der Waals surface area (Å²) in [6, 6.07) is 43.4. The molecule has 15 heterocycles. The van der Waals surface area contributed by atoms with Crippen molar-refractivity contribution in [1.82, 2.24) is 66.0 Å². The minimum Gasteiger partial charge on any atom is -0.399 e. The zero-order valence-corrected chi connectivity index (χ0v) is 66.5. The van der Waals surface area contributed by atoms with Gasteiger partial charge in [0.2, 0.25) is 5.78 Å². The number of thiophene rings is 6. The number of anilines is 2. The Morgan fingerprint density at radius 3 is 1.50 bits per heavy atom. The van der Waals surface area contributed by atoms with Crippen molar-refractivity contribution in [2.75, 3.05) is 11.5 Å². The third-order valence-electron chi connectivity index (χ3n) is 19.6. The fourth-order valence-electron chi connectivity index (χ4n) is 14.6. The summed E-state index contributed by atoms with van der Waals surface area (Å²) in [6.07, 6.45) is 17.1. The number of benzene rings is 3. The maximum absolute atomic E-state index is 12.4. The number of ketones is 1. The first kappa shape index (κ1) is 74.3. The van der Waals surface area contributed by atoms with Gasteiger partial charge in [-0.05, 0) is 148 Å². The molecule has 0 fully saturated rings. The Hall–Kier alpha value is -10.8. The van der Waals surface area contributed by atoms with Crippen LogP contribution in [0.5, 0.6) is 0 Å². The molecule has 0 bridgehead atoms. The molecule has 0 spiro atoms. The van der Waals surface area contributed by atoms with Gasteiger partial charge in [0.25, 0.3) is 0 Å². The average Bonchev–Trinajstić information content (AvgIpc) is 1.89. The van der Waals surface area contributed by atoms with E-state index in [4.69, 9.17) is 34.7 Å². The number of carbonyl (C=O) groups excluding carboxylic acids is 1. The standard InChI is InChI=1S/C14H8Cl2N2S.C14H9N3OS.C14H11N3S.C13H9N3OS.2C13H9N3S.3ClH/c15-8-3-7(4-9(16)5-8)13-11-6-12-10(1-2-19-12)14(11)18-17-13;15-8-3-1-7(2-4-8)11-10-12(17-16-11)9-5-6-19-14(9)13(10)18;15-9-3-1-2-8(6-9)13-11-7-12-10(4-5-18-12)14(11)17-16-13;17-16-4-1-8(2-5-16)12-10-7-11-9(3-6-18-11)13(10)15-14-12;1-4-14-5-2-8(1)12-10-7-11-9(3-6-17-11)13(10)16-15-12;1-2-5-14-10(3-1)13-9-7-11-8(4-6-17-11)12(9)15-16-13;;;/h1-5H,6H2,(H,17,18);1-6H,15H2,(H,16,17);1-6H,7,15H2,(H,16,17);1-6,17H,7H2;2*1-6H,7H2,(H,15,16);3*1H. The number of H-pyrrole nitrogens is 5. The van der Waals surface area contributed by atoms with Gasteiger partial charge in [0, 0.05) is 198 Å². The molecule has 3 aromatic carbocycles. The van der Waals surface area contributed by atoms with Crippen LogP contribution >= 0.6 is 128 Å². The molecule has 0 atom stereocenters. The number of allylic oxidation sites excluding steroid dienone is 4. The SMILES string of the molecule is Cl.Cl.Cl.Clc1cc(Cl)cc(-c2n[nH]c3c2Cc2sccc2-3)c1.Nc1ccc(-c2n[nH]c3c2C(=O)c2sccc2-3)cc1.Nc1cccc(-c2n[nH]c3c2Cc2sccc2-3)c1.ON1C=CC(=C2N=NC3=C2Cc2sccc23)C=C1.c1cc(-c2n[nH]c3c2Cc2sccc2-3)ccn1.c1ccc(-c2[nH]nc3c2Cc2sccc2-3)nc1. The second-order valence-electron chi connectivity index (χ2n) is 25.9. The average molecular weight is 1670 g/mol. The number of halogens is 5. The molecule has 0 amide bonds. The molecule has 111 heavy (non-hydrogen) atoms. The van der Waals surface area contributed by atoms with E-state index >= 15 is 0 Å². The van der Waals surface area contributed by atoms with Crippen LogP contribution in [0.1, 0.15) is 67.4 Å². The molecule has 8 aliphatic rings. The van der Waals surface area contributed by atoms with Crippen LogP contribution in [-0.2, 0) is 32.1 Å². The normalized spacial score (nSPS) is 13.4. The summed E-state index contributed by atoms with van der Waals surface area (Å²) in [5, 5.41) is 70.2. The topological polar surface area (TPSA) is 286 Å². The van der Waals surface area contributed by atoms with Gasteiger partial charge in [-0.1, -0.05) is 53.5 Å². The van der Waals surface area contributed by atoms with Crippen molar-refractivity contribution in [3.63, 3.8) is 0 Å². The number of hydrogen-bond acceptors (Lipinski definition) is 20. The molecule has 6 aliphatic carbocycles. The Morgan fingerprint density at radius 1 is 0.414 bits per heavy atom. The van der Waals surface area contributed by atoms with E-state index in [-0.39, 0.29) is 43.0 Å². The number of hydroxylamine groups is 2. The second-order valence-corrected chi connectivity index (χ2v) is 32.7. The summed E-state index contributed by atoms with van der Waals surface area (Å²) >= 11 is 22.6. The van der Waals surface area contributed by atoms with Crippen LogP contribution in [0.4, 0.5) is 11.4 Å². The van der Waals surface area contributed by atoms with Crippen LogP contribution in [-0.4, -0.2) is 77.0 Å². The van der Waals surface area contributed by atoms with Crippen LogP contribution in [0.25, 0.3) is 118 Å². The number of hydrogen-bond donors (Lipinski definition) is 8. The van der Waals surface area contributed by atoms with E-state index in [0.29, 0.717) is 27.0 Å². The number of nitrogens with zero attached hydrogens (tertiary/aromatic N) is 10. The van der Waals surface area contributed by atoms with E-state index in [0.717, 1.165) is 138 Å². The summed E-state index contributed by atoms with van der Waals surface area (Å²) < 4.78 is 0. The molecule has 30 heteroatoms. The molecular weight excluding hydrogens is 1610 g/mol. The number of nitrogen functional groups attached to an aromatic ring is 2. The van der Waals surface area contributed by atoms with Crippen molar-refractivity contribution in [1.29, 1.82) is 0 Å². The van der Waals surface area contributed by atoms with Crippen molar-refractivity contribution < 1.29 is 10.0 Å². The number of fused-ring (bicyclic) bond motifs is 17. The van der Waals surface area contributed by atoms with Crippen LogP contribution < -0.4 is 11.5 Å². The summed E-state index contributed by atoms with van der Waals surface area (Å²) in [5.74, 6) is 0.0561. The monoisotopic (exact) mass is 1670 g/mol. The molecule has 24 rings (SSSR count). The lowest BCUT2D eigenvalue weighted by atomic mass is 10.1. The smallest absolute Gasteiger partial charge is 0.208 e. The zero-order valence-electron chi connectivity index (χ0n) is 57.7. The van der Waals surface area contributed by atoms with E-state index in [9.17, 15) is 10.0 Å². The van der Waals surface area contributed by atoms with Crippen LogP contribution in [0.2, 0.25) is 10.0 Å². The Kier molecular flexibility index (Phi) is 20.9. The Bertz CT molecular complexity index is 6220. The molecule has 16 aromatic rings. The predicted molar refractivity (Wildman–Crippen MR) is 456 cm³/mol. The largest absolute Gasteiger partial charge is 0.399 e. The summed E-state index contributed by atoms with van der Waals surface area (Å²) in [5.41, 5.74) is 45.5. The number of nitrogens with one attached hydrogen (secondary N) is 5. The zero-order chi connectivity index (χ0) is 72.7. The number of pyridine rings is 2. The maximum atomic E-state index is 12.4. The molecule has 0 saturated heterocycles. The highest BCUT2D eigenvalue weighted by molar-refractivity contribution is 7.13. The lowest BCUT2D eigenvalue weighted by Crippen LogP contribution is -2.05. The number of carbonyl (C=O) groups is 1. The molecule has 550 valence electrons. The van der Waals surface area contributed by atoms with Gasteiger partial charge in [0.15, 0.2) is 0 Å². The van der Waals surface area contributed by atoms with Gasteiger partial charge in [-0.25, -0.2) is 5.06 Å². The van der Waals surface area contributed by atoms with E-state index in [1.54, 1.807) is 64.9 Å². The van der Waals surface area contributed by atoms with Crippen molar-refractivity contribution in [2.45, 2.75) is 32.1 Å². The first-order chi connectivity index (χ1) is 53.0. The second kappa shape index (κ2) is 31.2. The molecule has 0 saturated carbocycles. The Morgan fingerprint density at radius 2 is 0.901 bits per heavy atom. The molecule has 0 radical (unpaired) electrons. The Balaban J connectivity index is 0.000000100. The minimum absolute atomic E-state index is 0. The van der Waals surface area contributed by atoms with Crippen LogP contribution in [0.15, 0.2) is 236 Å². The van der Waals surface area contributed by atoms with Gasteiger partial charge in [-0.15, -0.1) is 115 Å². The van der Waals surface area contributed by atoms with Crippen molar-refractivity contribution >= 4 is 151 Å². The maximum Gasteiger partial charge on any atom is 0.208 e. The van der Waals surface area contributed by atoms with Gasteiger partial charge < -0.3 is 11.5 Å². The van der Waals surface area contributed by atoms with Gasteiger partial charge >= 0.3 is 0 Å². The predicted octanol–water partition coefficient (Wildman–Crippen LogP) is 22.2. The number of rotatable bonds is 5. The fourth-order valence-corrected chi connectivity index (χ4v) is 20.4. The third-order valence-corrected chi connectivity index (χ3v) is 25.6. The van der Waals surface area contributed by atoms with Crippen LogP contribution in [0.3, 0.4) is 0 Å². The number of aromatic amines is 5. The van der Waals surface area contributed by atoms with E-state index in [2.05, 4.69) is 134 Å². The first-order valence-electron chi connectivity index (χ1n) is 34.1. The van der Waals surface area contributed by atoms with Gasteiger partial charge in [0.1, 0.15) is 5.69 Å². The Labute approximate surface area is 686 Å². The minimum atomic E-state index is 0. The van der Waals surface area contributed by atoms with Gasteiger partial charge in [-0.2, -0.15) is 25.5 Å². The summed E-state index contributed by atoms with van der Waals surface area (Å²) in [4.78, 5) is 28.6. The fraction of sp³-hybridized carbons (Fsp3) is 0.0617. The number of azo groups is 1. The third kappa shape index (κ3) is 13.8. The highest BCUT2D eigenvalue weighted by atomic mass is 35.5. The van der Waals surface area contributed by atoms with E-state index < -0.39 is 0 Å². The number of nitrogens with two attached hydrogens (primary N) is 2. The quantitative estimate of drug-likeness (QED) is 0.0747. The van der Waals surface area contributed by atoms with Crippen molar-refractivity contribution in [3.05, 3.63) is 298 Å².